The fourth-order valence-electron chi connectivity index (χ4n) is 16.2. The third-order valence-corrected chi connectivity index (χ3v) is 52.6. The maximum Gasteiger partial charge on any atom is 0.411 e. The van der Waals surface area contributed by atoms with E-state index >= 15 is 26.3 Å². The van der Waals surface area contributed by atoms with Crippen LogP contribution in [-0.4, -0.2) is 188 Å². The number of fused-ring (bicyclic) bond motifs is 4. The van der Waals surface area contributed by atoms with Gasteiger partial charge in [-0.1, -0.05) is 73.1 Å². The minimum atomic E-state index is -6.05. The fraction of sp³-hybridized carbons (Fsp3) is 0.429. The van der Waals surface area contributed by atoms with E-state index in [1.54, 1.807) is 17.8 Å². The largest absolute Gasteiger partial charge is 0.457 e. The average molecular weight is 1890 g/mol. The van der Waals surface area contributed by atoms with E-state index in [0.29, 0.717) is 93.9 Å². The summed E-state index contributed by atoms with van der Waals surface area (Å²) >= 11 is 0. The summed E-state index contributed by atoms with van der Waals surface area (Å²) in [6, 6.07) is 22.9. The quantitative estimate of drug-likeness (QED) is 0.0216. The fourth-order valence-corrected chi connectivity index (χ4v) is 52.9. The molecule has 0 radical (unpaired) electrons. The molecule has 0 saturated carbocycles. The van der Waals surface area contributed by atoms with Gasteiger partial charge in [0.1, 0.15) is 11.5 Å². The number of imide groups is 4. The summed E-state index contributed by atoms with van der Waals surface area (Å²) in [4.78, 5) is 106. The first-order valence-corrected chi connectivity index (χ1v) is 63.3. The second kappa shape index (κ2) is 37.8. The Kier molecular flexibility index (Phi) is 30.9. The Balaban J connectivity index is 0.000000250. The number of aryl methyl sites for hydroxylation is 1. The van der Waals surface area contributed by atoms with Gasteiger partial charge in [-0.15, -0.1) is 13.2 Å². The molecule has 0 bridgehead atoms. The van der Waals surface area contributed by atoms with Gasteiger partial charge in [-0.3, -0.25) is 53.1 Å². The predicted molar refractivity (Wildman–Crippen MR) is 470 cm³/mol. The summed E-state index contributed by atoms with van der Waals surface area (Å²) in [6.45, 7) is 42.6. The number of carbonyl (C=O) groups is 8. The van der Waals surface area contributed by atoms with Gasteiger partial charge in [0, 0.05) is 20.6 Å². The van der Waals surface area contributed by atoms with E-state index in [1.807, 2.05) is 57.5 Å². The molecule has 0 aliphatic carbocycles. The van der Waals surface area contributed by atoms with Crippen molar-refractivity contribution in [2.45, 2.75) is 197 Å². The zero-order valence-corrected chi connectivity index (χ0v) is 81.2. The zero-order valence-electron chi connectivity index (χ0n) is 73.2. The van der Waals surface area contributed by atoms with Crippen molar-refractivity contribution in [1.29, 1.82) is 0 Å². The summed E-state index contributed by atoms with van der Waals surface area (Å²) in [5.41, 5.74) is -2.98. The zero-order chi connectivity index (χ0) is 94.2. The van der Waals surface area contributed by atoms with Crippen molar-refractivity contribution in [3.8, 4) is 11.5 Å². The molecule has 4 aliphatic heterocycles. The molecule has 680 valence electrons. The Hall–Kier alpha value is -8.26. The van der Waals surface area contributed by atoms with Crippen molar-refractivity contribution in [2.24, 2.45) is 11.5 Å². The Morgan fingerprint density at radius 2 is 0.640 bits per heavy atom. The molecule has 6 aromatic rings. The Morgan fingerprint density at radius 1 is 0.360 bits per heavy atom. The van der Waals surface area contributed by atoms with E-state index < -0.39 is 200 Å². The van der Waals surface area contributed by atoms with Crippen LogP contribution < -0.4 is 21.1 Å². The highest BCUT2D eigenvalue weighted by molar-refractivity contribution is 6.92. The molecule has 4 aliphatic rings. The van der Waals surface area contributed by atoms with Gasteiger partial charge in [0.15, 0.2) is 33.3 Å². The molecule has 10 rings (SSSR count). The number of amides is 8. The van der Waals surface area contributed by atoms with Crippen molar-refractivity contribution >= 4 is 120 Å². The van der Waals surface area contributed by atoms with Gasteiger partial charge < -0.3 is 40.9 Å². The first-order valence-electron chi connectivity index (χ1n) is 40.4. The number of rotatable bonds is 34. The van der Waals surface area contributed by atoms with E-state index in [2.05, 4.69) is 79.0 Å². The second-order valence-corrected chi connectivity index (χ2v) is 66.3. The van der Waals surface area contributed by atoms with Crippen molar-refractivity contribution in [2.75, 3.05) is 38.6 Å². The summed E-state index contributed by atoms with van der Waals surface area (Å²) in [6.07, 6.45) is -19.8. The summed E-state index contributed by atoms with van der Waals surface area (Å²) < 4.78 is 224. The van der Waals surface area contributed by atoms with Crippen molar-refractivity contribution in [3.05, 3.63) is 218 Å². The SMILES string of the molecule is C=C[Si](C)(O[Si](C)(C)CCCC)O[Si](C)(C)O[Si](C)(C)CCCN1C(=O)c2ccc(C(c3ccc4c(c3)C(=O)N(C)C4=O)(C(F)(F)F)C(F)(F)F)cc2C1=O.C=C[Si](C)(O[Si](C)(C)CCCN)O[Si](C)(C)O[Si](C)(C)CCCN.Cc1ccc(Oc2ccc(N3C(=O)c4ccc(C(c5ccc6c(c5)C(=O)N(C)C6=O)(C(F)(F)F)C(F)(F)F)cc4C3=O)cc2)cc1. The minimum Gasteiger partial charge on any atom is -0.457 e. The highest BCUT2D eigenvalue weighted by atomic mass is 28.5. The standard InChI is InChI=1S/C36H48F6N2O7Si4.C33H20F6N2O5.C15H40N2O3Si4/c1-11-13-20-53(6,7)50-55(10,12-2)51-54(8,9)49-52(4,5)21-14-19-44-32(47)27-18-16-25(23-29(27)33(44)48)34(35(37,38)39,36(40,41)42)24-15-17-26-28(22-24)31(46)43(3)30(26)45;1-17-3-9-21(10-4-17)46-22-11-7-20(8-12-22)41-29(44)24-14-6-19(16-26(24)30(41)45)31(32(34,35)36,33(37,38)39)18-5-13-23-25(15-18)28(43)40(2)27(23)42;1-9-24(8,19-22(4,5)15-11-13-17)20-23(6,7)18-21(2,3)14-10-12-16/h12,15-18,22-23H,2,11,13-14,19-21H2,1,3-10H3;3-16H,1-2H3;9H,1,10-17H2,2-8H3. The first kappa shape index (κ1) is 102. The molecule has 125 heavy (non-hydrogen) atoms. The first-order chi connectivity index (χ1) is 57.4. The lowest BCUT2D eigenvalue weighted by molar-refractivity contribution is -0.290. The van der Waals surface area contributed by atoms with Gasteiger partial charge in [-0.05, 0) is 262 Å². The van der Waals surface area contributed by atoms with E-state index in [9.17, 15) is 64.7 Å². The van der Waals surface area contributed by atoms with E-state index in [1.165, 1.54) is 24.3 Å². The third-order valence-electron chi connectivity index (χ3n) is 21.7. The predicted octanol–water partition coefficient (Wildman–Crippen LogP) is 19.9. The monoisotopic (exact) mass is 1890 g/mol. The number of alkyl halides is 12. The second-order valence-electron chi connectivity index (χ2n) is 34.9. The van der Waals surface area contributed by atoms with Gasteiger partial charge in [0.25, 0.3) is 47.3 Å². The normalized spacial score (nSPS) is 16.0. The van der Waals surface area contributed by atoms with Crippen molar-refractivity contribution < 1.29 is 120 Å². The summed E-state index contributed by atoms with van der Waals surface area (Å²) in [5.74, 6) is -7.00. The number of halogens is 12. The average Bonchev–Trinajstić information content (AvgIpc) is 1.70. The van der Waals surface area contributed by atoms with Crippen LogP contribution in [-0.2, 0) is 35.5 Å². The van der Waals surface area contributed by atoms with Crippen molar-refractivity contribution in [1.82, 2.24) is 14.7 Å². The van der Waals surface area contributed by atoms with Crippen LogP contribution in [0.4, 0.5) is 58.4 Å². The summed E-state index contributed by atoms with van der Waals surface area (Å²) in [5, 5.41) is 0. The third kappa shape index (κ3) is 22.2. The number of anilines is 1. The molecular weight excluding hydrogens is 1790 g/mol. The number of carbonyl (C=O) groups excluding carboxylic acids is 8. The highest BCUT2D eigenvalue weighted by Crippen LogP contribution is 2.59. The van der Waals surface area contributed by atoms with Gasteiger partial charge >= 0.3 is 58.9 Å². The number of hydrogen-bond acceptors (Lipinski definition) is 17. The van der Waals surface area contributed by atoms with E-state index in [-0.39, 0.29) is 35.3 Å². The van der Waals surface area contributed by atoms with E-state index in [0.717, 1.165) is 92.6 Å². The Bertz CT molecular complexity index is 5080. The topological polar surface area (TPSA) is 266 Å². The molecule has 41 heteroatoms. The molecule has 0 fully saturated rings. The molecule has 21 nitrogen and oxygen atoms in total. The molecule has 6 aromatic carbocycles. The Morgan fingerprint density at radius 3 is 0.976 bits per heavy atom. The van der Waals surface area contributed by atoms with Crippen molar-refractivity contribution in [3.63, 3.8) is 0 Å². The van der Waals surface area contributed by atoms with Crippen LogP contribution in [0.1, 0.15) is 150 Å². The number of ether oxygens (including phenoxy) is 1. The van der Waals surface area contributed by atoms with Crippen LogP contribution in [0.5, 0.6) is 11.5 Å². The van der Waals surface area contributed by atoms with Crippen LogP contribution >= 0.6 is 0 Å². The lowest BCUT2D eigenvalue weighted by Gasteiger charge is -2.41. The number of benzene rings is 6. The van der Waals surface area contributed by atoms with Gasteiger partial charge in [0.05, 0.1) is 50.2 Å². The number of nitrogens with zero attached hydrogens (tertiary/aromatic N) is 4. The minimum absolute atomic E-state index is 0.00725. The smallest absolute Gasteiger partial charge is 0.411 e. The van der Waals surface area contributed by atoms with Crippen LogP contribution in [0, 0.1) is 6.92 Å². The maximum absolute atomic E-state index is 15.0. The molecule has 0 saturated heterocycles. The molecule has 8 amide bonds. The molecule has 2 unspecified atom stereocenters. The molecule has 4 N–H and O–H groups in total. The summed E-state index contributed by atoms with van der Waals surface area (Å²) in [7, 11) is -16.4. The lowest BCUT2D eigenvalue weighted by Crippen LogP contribution is -2.57. The molecule has 0 aromatic heterocycles. The molecular formula is C84H108F12N6O15Si8. The van der Waals surface area contributed by atoms with Gasteiger partial charge in [0.2, 0.25) is 10.8 Å². The molecule has 0 spiro atoms. The van der Waals surface area contributed by atoms with E-state index in [4.69, 9.17) is 40.9 Å². The lowest BCUT2D eigenvalue weighted by atomic mass is 9.71. The number of hydrogen-bond donors (Lipinski definition) is 2. The highest BCUT2D eigenvalue weighted by Gasteiger charge is 2.74. The van der Waals surface area contributed by atoms with Crippen LogP contribution in [0.3, 0.4) is 0 Å². The molecule has 2 atom stereocenters. The van der Waals surface area contributed by atoms with Crippen LogP contribution in [0.2, 0.25) is 116 Å². The van der Waals surface area contributed by atoms with Crippen LogP contribution in [0.25, 0.3) is 0 Å². The number of nitrogens with two attached hydrogens (primary N) is 2. The number of unbranched alkanes of at least 4 members (excludes halogenated alkanes) is 1. The Labute approximate surface area is 728 Å². The van der Waals surface area contributed by atoms with Gasteiger partial charge in [-0.25, -0.2) is 4.90 Å². The maximum atomic E-state index is 15.0. The molecule has 4 heterocycles. The van der Waals surface area contributed by atoms with Gasteiger partial charge in [-0.2, -0.15) is 52.7 Å². The van der Waals surface area contributed by atoms with Crippen LogP contribution in [0.15, 0.2) is 146 Å².